The Balaban J connectivity index is 1.73. The third-order valence-electron chi connectivity index (χ3n) is 4.67. The molecule has 0 unspecified atom stereocenters. The first-order valence-corrected chi connectivity index (χ1v) is 10.1. The SMILES string of the molecule is O=S1(=O)N(CC[C@@H]2CNCCO2)c2c(F)cccc2N1c1ccccc1F. The molecule has 2 aromatic carbocycles. The van der Waals surface area contributed by atoms with Crippen LogP contribution in [0.2, 0.25) is 0 Å². The highest BCUT2D eigenvalue weighted by molar-refractivity contribution is 7.95. The molecule has 1 N–H and O–H groups in total. The number of para-hydroxylation sites is 2. The second kappa shape index (κ2) is 7.06. The number of anilines is 3. The molecule has 2 aliphatic heterocycles. The predicted molar refractivity (Wildman–Crippen MR) is 98.4 cm³/mol. The van der Waals surface area contributed by atoms with Gasteiger partial charge in [-0.3, -0.25) is 0 Å². The molecule has 0 radical (unpaired) electrons. The quantitative estimate of drug-likeness (QED) is 0.864. The Morgan fingerprint density at radius 3 is 2.56 bits per heavy atom. The summed E-state index contributed by atoms with van der Waals surface area (Å²) in [6.07, 6.45) is 0.233. The first kappa shape index (κ1) is 18.1. The lowest BCUT2D eigenvalue weighted by molar-refractivity contribution is 0.0253. The van der Waals surface area contributed by atoms with Crippen molar-refractivity contribution >= 4 is 27.3 Å². The molecule has 1 atom stereocenters. The van der Waals surface area contributed by atoms with Crippen LogP contribution in [0.4, 0.5) is 25.8 Å². The smallest absolute Gasteiger partial charge is 0.331 e. The number of benzene rings is 2. The lowest BCUT2D eigenvalue weighted by Crippen LogP contribution is -2.42. The van der Waals surface area contributed by atoms with Crippen molar-refractivity contribution in [1.82, 2.24) is 5.32 Å². The largest absolute Gasteiger partial charge is 0.376 e. The van der Waals surface area contributed by atoms with Gasteiger partial charge in [0.05, 0.1) is 24.1 Å². The van der Waals surface area contributed by atoms with Crippen molar-refractivity contribution in [3.05, 3.63) is 54.1 Å². The molecule has 0 amide bonds. The van der Waals surface area contributed by atoms with Gasteiger partial charge < -0.3 is 10.1 Å². The van der Waals surface area contributed by atoms with Gasteiger partial charge in [0.25, 0.3) is 0 Å². The third kappa shape index (κ3) is 3.15. The van der Waals surface area contributed by atoms with E-state index >= 15 is 0 Å². The van der Waals surface area contributed by atoms with Gasteiger partial charge in [0.1, 0.15) is 17.3 Å². The summed E-state index contributed by atoms with van der Waals surface area (Å²) in [6, 6.07) is 9.63. The van der Waals surface area contributed by atoms with Crippen molar-refractivity contribution in [1.29, 1.82) is 0 Å². The number of nitrogens with zero attached hydrogens (tertiary/aromatic N) is 2. The Bertz CT molecular complexity index is 949. The first-order chi connectivity index (χ1) is 13.0. The van der Waals surface area contributed by atoms with Gasteiger partial charge in [0.2, 0.25) is 0 Å². The number of morpholine rings is 1. The fourth-order valence-electron chi connectivity index (χ4n) is 3.42. The number of nitrogens with one attached hydrogen (secondary N) is 1. The van der Waals surface area contributed by atoms with Gasteiger partial charge in [-0.2, -0.15) is 8.42 Å². The van der Waals surface area contributed by atoms with Crippen molar-refractivity contribution in [3.8, 4) is 0 Å². The Morgan fingerprint density at radius 1 is 1.07 bits per heavy atom. The van der Waals surface area contributed by atoms with Crippen LogP contribution in [0.3, 0.4) is 0 Å². The minimum Gasteiger partial charge on any atom is -0.376 e. The molecule has 0 bridgehead atoms. The highest BCUT2D eigenvalue weighted by Crippen LogP contribution is 2.47. The van der Waals surface area contributed by atoms with Crippen molar-refractivity contribution in [3.63, 3.8) is 0 Å². The molecule has 1 saturated heterocycles. The summed E-state index contributed by atoms with van der Waals surface area (Å²) in [7, 11) is -4.18. The summed E-state index contributed by atoms with van der Waals surface area (Å²) in [6.45, 7) is 1.93. The molecule has 0 aromatic heterocycles. The van der Waals surface area contributed by atoms with E-state index in [0.717, 1.165) is 15.2 Å². The average molecular weight is 395 g/mol. The first-order valence-electron chi connectivity index (χ1n) is 8.68. The molecule has 0 aliphatic carbocycles. The predicted octanol–water partition coefficient (Wildman–Crippen LogP) is 2.55. The minimum absolute atomic E-state index is 0.0353. The van der Waals surface area contributed by atoms with E-state index in [-0.39, 0.29) is 29.7 Å². The lowest BCUT2D eigenvalue weighted by atomic mass is 10.2. The van der Waals surface area contributed by atoms with Gasteiger partial charge in [0.15, 0.2) is 0 Å². The van der Waals surface area contributed by atoms with Crippen LogP contribution in [-0.4, -0.2) is 40.8 Å². The van der Waals surface area contributed by atoms with Crippen LogP contribution in [0, 0.1) is 11.6 Å². The molecule has 0 spiro atoms. The molecule has 4 rings (SSSR count). The number of fused-ring (bicyclic) bond motifs is 1. The second-order valence-corrected chi connectivity index (χ2v) is 8.09. The zero-order chi connectivity index (χ0) is 19.0. The van der Waals surface area contributed by atoms with Crippen molar-refractivity contribution in [2.45, 2.75) is 12.5 Å². The van der Waals surface area contributed by atoms with Crippen LogP contribution in [0.5, 0.6) is 0 Å². The highest BCUT2D eigenvalue weighted by atomic mass is 32.2. The number of hydrogen-bond donors (Lipinski definition) is 1. The standard InChI is InChI=1S/C18H19F2N3O3S/c19-14-4-1-2-6-16(14)23-17-7-3-5-15(20)18(17)22(27(23,24)25)10-8-13-12-21-9-11-26-13/h1-7,13,21H,8-12H2/t13-/m1/s1. The summed E-state index contributed by atoms with van der Waals surface area (Å²) in [5, 5.41) is 3.18. The van der Waals surface area contributed by atoms with Gasteiger partial charge in [-0.25, -0.2) is 17.4 Å². The van der Waals surface area contributed by atoms with Crippen LogP contribution in [0.25, 0.3) is 0 Å². The monoisotopic (exact) mass is 395 g/mol. The fraction of sp³-hybridized carbons (Fsp3) is 0.333. The Kier molecular flexibility index (Phi) is 4.75. The van der Waals surface area contributed by atoms with E-state index in [1.807, 2.05) is 0 Å². The van der Waals surface area contributed by atoms with E-state index < -0.39 is 21.8 Å². The molecule has 0 saturated carbocycles. The molecule has 27 heavy (non-hydrogen) atoms. The van der Waals surface area contributed by atoms with Crippen LogP contribution in [0.15, 0.2) is 42.5 Å². The number of halogens is 2. The molecule has 2 heterocycles. The van der Waals surface area contributed by atoms with E-state index in [0.29, 0.717) is 19.6 Å². The van der Waals surface area contributed by atoms with Crippen LogP contribution in [-0.2, 0) is 14.9 Å². The Morgan fingerprint density at radius 2 is 1.81 bits per heavy atom. The van der Waals surface area contributed by atoms with Crippen molar-refractivity contribution < 1.29 is 21.9 Å². The van der Waals surface area contributed by atoms with Crippen LogP contribution in [0.1, 0.15) is 6.42 Å². The maximum absolute atomic E-state index is 14.6. The minimum atomic E-state index is -4.18. The molecule has 9 heteroatoms. The lowest BCUT2D eigenvalue weighted by Gasteiger charge is -2.26. The second-order valence-electron chi connectivity index (χ2n) is 6.39. The average Bonchev–Trinajstić information content (AvgIpc) is 2.89. The topological polar surface area (TPSA) is 61.9 Å². The number of ether oxygens (including phenoxy) is 1. The van der Waals surface area contributed by atoms with Crippen LogP contribution < -0.4 is 13.9 Å². The van der Waals surface area contributed by atoms with Gasteiger partial charge >= 0.3 is 10.2 Å². The molecule has 2 aliphatic rings. The summed E-state index contributed by atoms with van der Waals surface area (Å²) in [5.41, 5.74) is -0.102. The zero-order valence-electron chi connectivity index (χ0n) is 14.4. The molecule has 144 valence electrons. The molecular weight excluding hydrogens is 376 g/mol. The summed E-state index contributed by atoms with van der Waals surface area (Å²) in [4.78, 5) is 0. The number of rotatable bonds is 4. The highest BCUT2D eigenvalue weighted by Gasteiger charge is 2.44. The normalized spacial score (nSPS) is 21.3. The maximum atomic E-state index is 14.6. The van der Waals surface area contributed by atoms with E-state index in [1.54, 1.807) is 0 Å². The molecule has 6 nitrogen and oxygen atoms in total. The van der Waals surface area contributed by atoms with Crippen LogP contribution >= 0.6 is 0 Å². The number of hydrogen-bond acceptors (Lipinski definition) is 4. The summed E-state index contributed by atoms with van der Waals surface area (Å²) in [5.74, 6) is -1.37. The molecule has 2 aromatic rings. The summed E-state index contributed by atoms with van der Waals surface area (Å²) >= 11 is 0. The Labute approximate surface area is 156 Å². The van der Waals surface area contributed by atoms with Gasteiger partial charge in [-0.15, -0.1) is 0 Å². The Hall–Kier alpha value is -2.23. The van der Waals surface area contributed by atoms with Gasteiger partial charge in [0, 0.05) is 19.6 Å². The maximum Gasteiger partial charge on any atom is 0.331 e. The van der Waals surface area contributed by atoms with E-state index in [4.69, 9.17) is 4.74 Å². The van der Waals surface area contributed by atoms with E-state index in [1.165, 1.54) is 42.5 Å². The summed E-state index contributed by atoms with van der Waals surface area (Å²) < 4.78 is 62.8. The van der Waals surface area contributed by atoms with E-state index in [2.05, 4.69) is 5.32 Å². The van der Waals surface area contributed by atoms with Crippen molar-refractivity contribution in [2.75, 3.05) is 34.9 Å². The fourth-order valence-corrected chi connectivity index (χ4v) is 5.15. The third-order valence-corrected chi connectivity index (χ3v) is 6.45. The van der Waals surface area contributed by atoms with Gasteiger partial charge in [-0.1, -0.05) is 18.2 Å². The molecule has 1 fully saturated rings. The van der Waals surface area contributed by atoms with Gasteiger partial charge in [-0.05, 0) is 30.7 Å². The molecular formula is C18H19F2N3O3S. The van der Waals surface area contributed by atoms with E-state index in [9.17, 15) is 17.2 Å². The zero-order valence-corrected chi connectivity index (χ0v) is 15.3. The van der Waals surface area contributed by atoms with Crippen molar-refractivity contribution in [2.24, 2.45) is 0 Å².